The first kappa shape index (κ1) is 16.6. The monoisotopic (exact) mass is 356 g/mol. The minimum Gasteiger partial charge on any atom is -0.507 e. The van der Waals surface area contributed by atoms with E-state index < -0.39 is 5.97 Å². The number of aromatic nitrogens is 2. The summed E-state index contributed by atoms with van der Waals surface area (Å²) in [6.45, 7) is 0. The van der Waals surface area contributed by atoms with Crippen LogP contribution in [0.1, 0.15) is 10.4 Å². The van der Waals surface area contributed by atoms with E-state index in [4.69, 9.17) is 0 Å². The van der Waals surface area contributed by atoms with Gasteiger partial charge in [-0.2, -0.15) is 5.10 Å². The number of benzene rings is 3. The normalized spacial score (nSPS) is 10.7. The molecule has 5 nitrogen and oxygen atoms in total. The molecule has 0 saturated carbocycles. The Morgan fingerprint density at radius 1 is 0.852 bits per heavy atom. The molecule has 0 atom stereocenters. The van der Waals surface area contributed by atoms with Gasteiger partial charge < -0.3 is 10.2 Å². The number of phenols is 1. The molecule has 2 N–H and O–H groups in total. The molecule has 0 saturated heterocycles. The zero-order valence-electron chi connectivity index (χ0n) is 14.3. The molecule has 1 heterocycles. The molecule has 27 heavy (non-hydrogen) atoms. The Balaban J connectivity index is 1.93. The largest absolute Gasteiger partial charge is 0.507 e. The number of carboxylic acids is 1. The number of hydrogen-bond acceptors (Lipinski definition) is 3. The molecular formula is C22H16N2O3. The molecule has 4 rings (SSSR count). The second-order valence-electron chi connectivity index (χ2n) is 6.07. The number of hydrogen-bond donors (Lipinski definition) is 2. The molecule has 4 aromatic rings. The van der Waals surface area contributed by atoms with Gasteiger partial charge in [-0.15, -0.1) is 0 Å². The highest BCUT2D eigenvalue weighted by atomic mass is 16.4. The quantitative estimate of drug-likeness (QED) is 0.560. The Hall–Kier alpha value is -3.86. The van der Waals surface area contributed by atoms with Gasteiger partial charge in [-0.05, 0) is 36.4 Å². The van der Waals surface area contributed by atoms with Gasteiger partial charge in [-0.25, -0.2) is 9.48 Å². The predicted molar refractivity (Wildman–Crippen MR) is 103 cm³/mol. The second kappa shape index (κ2) is 6.80. The number of phenolic OH excluding ortho intramolecular Hbond substituents is 1. The van der Waals surface area contributed by atoms with Crippen molar-refractivity contribution in [3.05, 3.63) is 90.5 Å². The van der Waals surface area contributed by atoms with Crippen LogP contribution < -0.4 is 0 Å². The predicted octanol–water partition coefficient (Wildman–Crippen LogP) is 4.61. The summed E-state index contributed by atoms with van der Waals surface area (Å²) < 4.78 is 1.79. The van der Waals surface area contributed by atoms with Crippen molar-refractivity contribution in [2.75, 3.05) is 0 Å². The van der Waals surface area contributed by atoms with Gasteiger partial charge in [-0.1, -0.05) is 48.5 Å². The van der Waals surface area contributed by atoms with Crippen LogP contribution in [0.25, 0.3) is 28.2 Å². The third-order valence-corrected chi connectivity index (χ3v) is 4.30. The molecule has 132 valence electrons. The summed E-state index contributed by atoms with van der Waals surface area (Å²) in [5, 5.41) is 24.2. The van der Waals surface area contributed by atoms with E-state index in [1.54, 1.807) is 4.68 Å². The molecule has 0 fully saturated rings. The lowest BCUT2D eigenvalue weighted by molar-refractivity contribution is 0.0697. The zero-order chi connectivity index (χ0) is 18.8. The molecular weight excluding hydrogens is 340 g/mol. The van der Waals surface area contributed by atoms with E-state index in [1.165, 1.54) is 18.2 Å². The Morgan fingerprint density at radius 3 is 2.19 bits per heavy atom. The Bertz CT molecular complexity index is 1050. The third-order valence-electron chi connectivity index (χ3n) is 4.30. The zero-order valence-corrected chi connectivity index (χ0v) is 14.3. The fourth-order valence-corrected chi connectivity index (χ4v) is 2.97. The number of nitrogens with zero attached hydrogens (tertiary/aromatic N) is 2. The summed E-state index contributed by atoms with van der Waals surface area (Å²) >= 11 is 0. The van der Waals surface area contributed by atoms with Crippen LogP contribution in [0.15, 0.2) is 84.9 Å². The minimum atomic E-state index is -1.05. The summed E-state index contributed by atoms with van der Waals surface area (Å²) in [7, 11) is 0. The summed E-state index contributed by atoms with van der Waals surface area (Å²) in [6.07, 6.45) is 0. The number of para-hydroxylation sites is 1. The lowest BCUT2D eigenvalue weighted by atomic mass is 10.1. The molecule has 0 radical (unpaired) electrons. The lowest BCUT2D eigenvalue weighted by Crippen LogP contribution is -1.99. The van der Waals surface area contributed by atoms with Crippen molar-refractivity contribution in [2.45, 2.75) is 0 Å². The maximum Gasteiger partial charge on any atom is 0.335 e. The van der Waals surface area contributed by atoms with Crippen LogP contribution in [0.3, 0.4) is 0 Å². The van der Waals surface area contributed by atoms with Crippen molar-refractivity contribution in [3.63, 3.8) is 0 Å². The smallest absolute Gasteiger partial charge is 0.335 e. The lowest BCUT2D eigenvalue weighted by Gasteiger charge is -2.07. The van der Waals surface area contributed by atoms with E-state index in [0.717, 1.165) is 16.9 Å². The van der Waals surface area contributed by atoms with Crippen molar-refractivity contribution < 1.29 is 15.0 Å². The van der Waals surface area contributed by atoms with Gasteiger partial charge >= 0.3 is 5.97 Å². The fraction of sp³-hybridized carbons (Fsp3) is 0. The summed E-state index contributed by atoms with van der Waals surface area (Å²) in [6, 6.07) is 25.5. The van der Waals surface area contributed by atoms with Gasteiger partial charge in [0.2, 0.25) is 0 Å². The number of aromatic carboxylic acids is 1. The fourth-order valence-electron chi connectivity index (χ4n) is 2.97. The summed E-state index contributed by atoms with van der Waals surface area (Å²) in [4.78, 5) is 11.3. The van der Waals surface area contributed by atoms with Crippen molar-refractivity contribution >= 4 is 5.97 Å². The summed E-state index contributed by atoms with van der Waals surface area (Å²) in [5.41, 5.74) is 3.65. The molecule has 0 amide bonds. The van der Waals surface area contributed by atoms with Crippen molar-refractivity contribution in [1.82, 2.24) is 9.78 Å². The van der Waals surface area contributed by atoms with E-state index in [1.807, 2.05) is 66.7 Å². The number of rotatable bonds is 4. The first-order valence-corrected chi connectivity index (χ1v) is 8.41. The van der Waals surface area contributed by atoms with E-state index in [0.29, 0.717) is 11.3 Å². The van der Waals surface area contributed by atoms with Gasteiger partial charge in [0, 0.05) is 11.1 Å². The number of carboxylic acid groups (broad SMARTS) is 1. The van der Waals surface area contributed by atoms with Crippen LogP contribution >= 0.6 is 0 Å². The van der Waals surface area contributed by atoms with Crippen LogP contribution in [-0.2, 0) is 0 Å². The van der Waals surface area contributed by atoms with Crippen LogP contribution in [0, 0.1) is 0 Å². The number of carbonyl (C=O) groups is 1. The van der Waals surface area contributed by atoms with Gasteiger partial charge in [0.05, 0.1) is 22.6 Å². The summed E-state index contributed by atoms with van der Waals surface area (Å²) in [5.74, 6) is -1.07. The molecule has 0 spiro atoms. The molecule has 0 aliphatic carbocycles. The van der Waals surface area contributed by atoms with Gasteiger partial charge in [0.25, 0.3) is 0 Å². The first-order valence-electron chi connectivity index (χ1n) is 8.41. The average Bonchev–Trinajstić information content (AvgIpc) is 3.15. The third kappa shape index (κ3) is 3.18. The van der Waals surface area contributed by atoms with Crippen LogP contribution in [-0.4, -0.2) is 26.0 Å². The van der Waals surface area contributed by atoms with Crippen molar-refractivity contribution in [1.29, 1.82) is 0 Å². The Kier molecular flexibility index (Phi) is 4.18. The van der Waals surface area contributed by atoms with Gasteiger partial charge in [0.15, 0.2) is 0 Å². The van der Waals surface area contributed by atoms with E-state index in [9.17, 15) is 15.0 Å². The Labute approximate surface area is 155 Å². The molecule has 5 heteroatoms. The van der Waals surface area contributed by atoms with E-state index in [-0.39, 0.29) is 11.3 Å². The van der Waals surface area contributed by atoms with Gasteiger partial charge in [0.1, 0.15) is 5.75 Å². The topological polar surface area (TPSA) is 75.3 Å². The SMILES string of the molecule is O=C(O)c1ccc(O)c(-c2cc(-c3ccccc3)n(-c3ccccc3)n2)c1. The average molecular weight is 356 g/mol. The molecule has 3 aromatic carbocycles. The molecule has 0 aliphatic rings. The number of aromatic hydroxyl groups is 1. The highest BCUT2D eigenvalue weighted by Crippen LogP contribution is 2.33. The molecule has 1 aromatic heterocycles. The first-order chi connectivity index (χ1) is 13.1. The second-order valence-corrected chi connectivity index (χ2v) is 6.07. The van der Waals surface area contributed by atoms with Crippen LogP contribution in [0.2, 0.25) is 0 Å². The van der Waals surface area contributed by atoms with E-state index >= 15 is 0 Å². The standard InChI is InChI=1S/C22H16N2O3/c25-21-12-11-16(22(26)27)13-18(21)19-14-20(15-7-3-1-4-8-15)24(23-19)17-9-5-2-6-10-17/h1-14,25H,(H,26,27). The molecule has 0 aliphatic heterocycles. The van der Waals surface area contributed by atoms with E-state index in [2.05, 4.69) is 5.10 Å². The molecule has 0 bridgehead atoms. The van der Waals surface area contributed by atoms with Crippen LogP contribution in [0.5, 0.6) is 5.75 Å². The maximum atomic E-state index is 11.3. The Morgan fingerprint density at radius 2 is 1.52 bits per heavy atom. The highest BCUT2D eigenvalue weighted by Gasteiger charge is 2.17. The molecule has 0 unspecified atom stereocenters. The maximum absolute atomic E-state index is 11.3. The minimum absolute atomic E-state index is 0.0164. The van der Waals surface area contributed by atoms with Crippen molar-refractivity contribution in [3.8, 4) is 34.0 Å². The highest BCUT2D eigenvalue weighted by molar-refractivity contribution is 5.90. The van der Waals surface area contributed by atoms with Crippen molar-refractivity contribution in [2.24, 2.45) is 0 Å². The van der Waals surface area contributed by atoms with Crippen LogP contribution in [0.4, 0.5) is 0 Å². The van der Waals surface area contributed by atoms with Gasteiger partial charge in [-0.3, -0.25) is 0 Å².